The first-order chi connectivity index (χ1) is 9.85. The third-order valence-corrected chi connectivity index (χ3v) is 5.52. The van der Waals surface area contributed by atoms with E-state index in [-0.39, 0.29) is 0 Å². The van der Waals surface area contributed by atoms with Crippen molar-refractivity contribution in [3.63, 3.8) is 0 Å². The SMILES string of the molecule is CCCNC1CCC(N2CCN(CC3CC3)CC2)CC1. The molecule has 0 aromatic rings. The van der Waals surface area contributed by atoms with Crippen LogP contribution in [-0.2, 0) is 0 Å². The molecular formula is C17H33N3. The van der Waals surface area contributed by atoms with Crippen LogP contribution in [0, 0.1) is 5.92 Å². The molecule has 1 saturated heterocycles. The second kappa shape index (κ2) is 7.24. The third kappa shape index (κ3) is 4.19. The molecular weight excluding hydrogens is 246 g/mol. The van der Waals surface area contributed by atoms with E-state index in [1.165, 1.54) is 84.2 Å². The molecule has 1 heterocycles. The van der Waals surface area contributed by atoms with E-state index < -0.39 is 0 Å². The van der Waals surface area contributed by atoms with Crippen LogP contribution in [0.25, 0.3) is 0 Å². The number of hydrogen-bond acceptors (Lipinski definition) is 3. The third-order valence-electron chi connectivity index (χ3n) is 5.52. The van der Waals surface area contributed by atoms with E-state index in [0.29, 0.717) is 0 Å². The summed E-state index contributed by atoms with van der Waals surface area (Å²) in [5.41, 5.74) is 0. The van der Waals surface area contributed by atoms with Gasteiger partial charge in [0.15, 0.2) is 0 Å². The molecule has 0 amide bonds. The predicted octanol–water partition coefficient (Wildman–Crippen LogP) is 2.32. The van der Waals surface area contributed by atoms with Gasteiger partial charge in [0.1, 0.15) is 0 Å². The lowest BCUT2D eigenvalue weighted by Gasteiger charge is -2.42. The molecule has 0 aromatic carbocycles. The lowest BCUT2D eigenvalue weighted by molar-refractivity contribution is 0.0720. The fourth-order valence-electron chi connectivity index (χ4n) is 3.97. The number of piperazine rings is 1. The van der Waals surface area contributed by atoms with Crippen LogP contribution in [-0.4, -0.2) is 61.2 Å². The Balaban J connectivity index is 1.34. The van der Waals surface area contributed by atoms with Crippen LogP contribution in [0.4, 0.5) is 0 Å². The fraction of sp³-hybridized carbons (Fsp3) is 1.00. The van der Waals surface area contributed by atoms with E-state index in [1.807, 2.05) is 0 Å². The molecule has 0 aromatic heterocycles. The monoisotopic (exact) mass is 279 g/mol. The van der Waals surface area contributed by atoms with Gasteiger partial charge in [-0.05, 0) is 57.4 Å². The molecule has 2 saturated carbocycles. The molecule has 3 aliphatic rings. The molecule has 3 fully saturated rings. The van der Waals surface area contributed by atoms with Crippen LogP contribution in [0.5, 0.6) is 0 Å². The molecule has 0 spiro atoms. The molecule has 3 nitrogen and oxygen atoms in total. The maximum Gasteiger partial charge on any atom is 0.0113 e. The predicted molar refractivity (Wildman–Crippen MR) is 85.1 cm³/mol. The quantitative estimate of drug-likeness (QED) is 0.805. The van der Waals surface area contributed by atoms with Gasteiger partial charge >= 0.3 is 0 Å². The normalized spacial score (nSPS) is 33.5. The van der Waals surface area contributed by atoms with Gasteiger partial charge in [0, 0.05) is 44.8 Å². The van der Waals surface area contributed by atoms with Crippen molar-refractivity contribution < 1.29 is 0 Å². The molecule has 0 radical (unpaired) electrons. The Morgan fingerprint density at radius 3 is 2.20 bits per heavy atom. The molecule has 0 atom stereocenters. The molecule has 0 bridgehead atoms. The Labute approximate surface area is 125 Å². The van der Waals surface area contributed by atoms with E-state index >= 15 is 0 Å². The average molecular weight is 279 g/mol. The average Bonchev–Trinajstić information content (AvgIpc) is 3.31. The molecule has 0 unspecified atom stereocenters. The Kier molecular flexibility index (Phi) is 5.36. The summed E-state index contributed by atoms with van der Waals surface area (Å²) < 4.78 is 0. The molecule has 3 rings (SSSR count). The summed E-state index contributed by atoms with van der Waals surface area (Å²) in [4.78, 5) is 5.50. The van der Waals surface area contributed by atoms with E-state index in [1.54, 1.807) is 0 Å². The highest BCUT2D eigenvalue weighted by Crippen LogP contribution is 2.30. The van der Waals surface area contributed by atoms with Crippen LogP contribution in [0.1, 0.15) is 51.9 Å². The van der Waals surface area contributed by atoms with Crippen molar-refractivity contribution >= 4 is 0 Å². The highest BCUT2D eigenvalue weighted by molar-refractivity contribution is 4.86. The molecule has 1 N–H and O–H groups in total. The van der Waals surface area contributed by atoms with E-state index in [4.69, 9.17) is 0 Å². The second-order valence-electron chi connectivity index (χ2n) is 7.24. The maximum atomic E-state index is 3.70. The number of hydrogen-bond donors (Lipinski definition) is 1. The van der Waals surface area contributed by atoms with Crippen molar-refractivity contribution in [3.8, 4) is 0 Å². The van der Waals surface area contributed by atoms with Gasteiger partial charge in [-0.1, -0.05) is 6.92 Å². The van der Waals surface area contributed by atoms with Gasteiger partial charge in [0.25, 0.3) is 0 Å². The number of nitrogens with zero attached hydrogens (tertiary/aromatic N) is 2. The number of rotatable bonds is 6. The number of nitrogens with one attached hydrogen (secondary N) is 1. The van der Waals surface area contributed by atoms with Gasteiger partial charge in [-0.25, -0.2) is 0 Å². The van der Waals surface area contributed by atoms with E-state index in [9.17, 15) is 0 Å². The molecule has 2 aliphatic carbocycles. The van der Waals surface area contributed by atoms with Crippen LogP contribution in [0.15, 0.2) is 0 Å². The largest absolute Gasteiger partial charge is 0.314 e. The van der Waals surface area contributed by atoms with Gasteiger partial charge in [-0.3, -0.25) is 4.90 Å². The summed E-state index contributed by atoms with van der Waals surface area (Å²) in [5.74, 6) is 1.06. The first kappa shape index (κ1) is 14.8. The van der Waals surface area contributed by atoms with Gasteiger partial charge < -0.3 is 10.2 Å². The molecule has 3 heteroatoms. The Hall–Kier alpha value is -0.120. The summed E-state index contributed by atoms with van der Waals surface area (Å²) in [6, 6.07) is 1.69. The first-order valence-corrected chi connectivity index (χ1v) is 9.05. The smallest absolute Gasteiger partial charge is 0.0113 e. The van der Waals surface area contributed by atoms with Gasteiger partial charge in [0.05, 0.1) is 0 Å². The summed E-state index contributed by atoms with van der Waals surface area (Å²) in [5, 5.41) is 3.70. The highest BCUT2D eigenvalue weighted by atomic mass is 15.3. The first-order valence-electron chi connectivity index (χ1n) is 9.05. The molecule has 116 valence electrons. The van der Waals surface area contributed by atoms with Crippen LogP contribution >= 0.6 is 0 Å². The van der Waals surface area contributed by atoms with Crippen molar-refractivity contribution in [2.75, 3.05) is 39.3 Å². The van der Waals surface area contributed by atoms with E-state index in [0.717, 1.165) is 18.0 Å². The Bertz CT molecular complexity index is 274. The maximum absolute atomic E-state index is 3.70. The van der Waals surface area contributed by atoms with E-state index in [2.05, 4.69) is 22.0 Å². The van der Waals surface area contributed by atoms with Crippen molar-refractivity contribution in [2.24, 2.45) is 5.92 Å². The van der Waals surface area contributed by atoms with Crippen LogP contribution in [0.3, 0.4) is 0 Å². The lowest BCUT2D eigenvalue weighted by atomic mass is 9.89. The van der Waals surface area contributed by atoms with Crippen molar-refractivity contribution in [1.82, 2.24) is 15.1 Å². The van der Waals surface area contributed by atoms with Crippen LogP contribution in [0.2, 0.25) is 0 Å². The zero-order valence-corrected chi connectivity index (χ0v) is 13.3. The minimum Gasteiger partial charge on any atom is -0.314 e. The Morgan fingerprint density at radius 1 is 0.900 bits per heavy atom. The zero-order valence-electron chi connectivity index (χ0n) is 13.3. The van der Waals surface area contributed by atoms with Gasteiger partial charge in [-0.2, -0.15) is 0 Å². The summed E-state index contributed by atoms with van der Waals surface area (Å²) in [7, 11) is 0. The topological polar surface area (TPSA) is 18.5 Å². The summed E-state index contributed by atoms with van der Waals surface area (Å²) >= 11 is 0. The molecule has 1 aliphatic heterocycles. The zero-order chi connectivity index (χ0) is 13.8. The fourth-order valence-corrected chi connectivity index (χ4v) is 3.97. The highest BCUT2D eigenvalue weighted by Gasteiger charge is 2.30. The van der Waals surface area contributed by atoms with Crippen molar-refractivity contribution in [3.05, 3.63) is 0 Å². The standard InChI is InChI=1S/C17H33N3/c1-2-9-18-16-5-7-17(8-6-16)20-12-10-19(11-13-20)14-15-3-4-15/h15-18H,2-14H2,1H3. The van der Waals surface area contributed by atoms with Gasteiger partial charge in [0.2, 0.25) is 0 Å². The van der Waals surface area contributed by atoms with Gasteiger partial charge in [-0.15, -0.1) is 0 Å². The molecule has 20 heavy (non-hydrogen) atoms. The minimum absolute atomic E-state index is 0.808. The summed E-state index contributed by atoms with van der Waals surface area (Å²) in [6.45, 7) is 10.2. The lowest BCUT2D eigenvalue weighted by Crippen LogP contribution is -2.52. The Morgan fingerprint density at radius 2 is 1.60 bits per heavy atom. The van der Waals surface area contributed by atoms with Crippen LogP contribution < -0.4 is 5.32 Å². The second-order valence-corrected chi connectivity index (χ2v) is 7.24. The van der Waals surface area contributed by atoms with Crippen molar-refractivity contribution in [1.29, 1.82) is 0 Å². The minimum atomic E-state index is 0.808. The van der Waals surface area contributed by atoms with Crippen molar-refractivity contribution in [2.45, 2.75) is 64.0 Å². The summed E-state index contributed by atoms with van der Waals surface area (Å²) in [6.07, 6.45) is 9.89.